The van der Waals surface area contributed by atoms with Crippen molar-refractivity contribution >= 4 is 15.9 Å². The highest BCUT2D eigenvalue weighted by Gasteiger charge is 2.31. The van der Waals surface area contributed by atoms with E-state index in [1.165, 1.54) is 0 Å². The lowest BCUT2D eigenvalue weighted by molar-refractivity contribution is 0.240. The van der Waals surface area contributed by atoms with Crippen LogP contribution in [-0.4, -0.2) is 38.5 Å². The molecule has 0 radical (unpaired) electrons. The minimum atomic E-state index is -2.95. The van der Waals surface area contributed by atoms with Gasteiger partial charge in [-0.25, -0.2) is 13.2 Å². The molecule has 1 atom stereocenters. The fourth-order valence-corrected chi connectivity index (χ4v) is 3.50. The lowest BCUT2D eigenvalue weighted by Crippen LogP contribution is -2.41. The van der Waals surface area contributed by atoms with E-state index in [9.17, 15) is 13.2 Å². The molecule has 0 aromatic rings. The van der Waals surface area contributed by atoms with Crippen LogP contribution in [0.1, 0.15) is 32.6 Å². The maximum Gasteiger partial charge on any atom is 0.314 e. The molecule has 2 amide bonds. The van der Waals surface area contributed by atoms with Crippen molar-refractivity contribution in [1.29, 1.82) is 0 Å². The van der Waals surface area contributed by atoms with Crippen LogP contribution in [0, 0.1) is 0 Å². The number of sulfone groups is 1. The molecule has 1 aliphatic heterocycles. The molecule has 1 rings (SSSR count). The average molecular weight is 248 g/mol. The van der Waals surface area contributed by atoms with E-state index in [-0.39, 0.29) is 23.6 Å². The van der Waals surface area contributed by atoms with Gasteiger partial charge >= 0.3 is 6.03 Å². The predicted octanol–water partition coefficient (Wildman–Crippen LogP) is 0.663. The van der Waals surface area contributed by atoms with Crippen molar-refractivity contribution in [2.45, 2.75) is 37.9 Å². The van der Waals surface area contributed by atoms with Crippen LogP contribution in [0.5, 0.6) is 0 Å². The molecule has 0 aliphatic carbocycles. The van der Waals surface area contributed by atoms with Gasteiger partial charge in [-0.2, -0.15) is 0 Å². The van der Waals surface area contributed by atoms with Crippen molar-refractivity contribution in [2.75, 3.05) is 18.8 Å². The first kappa shape index (κ1) is 13.3. The SMILES string of the molecule is CCCCNC(=O)NC[C@@H]1CCCS1(=O)=O. The summed E-state index contributed by atoms with van der Waals surface area (Å²) in [4.78, 5) is 11.3. The number of carbonyl (C=O) groups excluding carboxylic acids is 1. The van der Waals surface area contributed by atoms with E-state index in [0.29, 0.717) is 19.4 Å². The van der Waals surface area contributed by atoms with Crippen LogP contribution >= 0.6 is 0 Å². The van der Waals surface area contributed by atoms with Crippen molar-refractivity contribution < 1.29 is 13.2 Å². The highest BCUT2D eigenvalue weighted by Crippen LogP contribution is 2.18. The summed E-state index contributed by atoms with van der Waals surface area (Å²) in [6, 6.07) is -0.268. The third-order valence-corrected chi connectivity index (χ3v) is 5.04. The standard InChI is InChI=1S/C10H20N2O3S/c1-2-3-6-11-10(13)12-8-9-5-4-7-16(9,14)15/h9H,2-8H2,1H3,(H2,11,12,13)/t9-/m0/s1. The van der Waals surface area contributed by atoms with Gasteiger partial charge in [0.1, 0.15) is 0 Å². The molecule has 0 aromatic carbocycles. The number of urea groups is 1. The van der Waals surface area contributed by atoms with Gasteiger partial charge in [0.2, 0.25) is 0 Å². The van der Waals surface area contributed by atoms with Gasteiger partial charge in [-0.05, 0) is 19.3 Å². The fraction of sp³-hybridized carbons (Fsp3) is 0.900. The van der Waals surface area contributed by atoms with Crippen LogP contribution in [0.2, 0.25) is 0 Å². The van der Waals surface area contributed by atoms with E-state index in [1.807, 2.05) is 6.92 Å². The van der Waals surface area contributed by atoms with Crippen LogP contribution in [0.15, 0.2) is 0 Å². The average Bonchev–Trinajstić information content (AvgIpc) is 2.55. The third-order valence-electron chi connectivity index (χ3n) is 2.77. The van der Waals surface area contributed by atoms with Gasteiger partial charge < -0.3 is 10.6 Å². The van der Waals surface area contributed by atoms with Crippen molar-refractivity contribution in [3.05, 3.63) is 0 Å². The smallest absolute Gasteiger partial charge is 0.314 e. The highest BCUT2D eigenvalue weighted by molar-refractivity contribution is 7.92. The predicted molar refractivity (Wildman–Crippen MR) is 63.1 cm³/mol. The monoisotopic (exact) mass is 248 g/mol. The minimum Gasteiger partial charge on any atom is -0.338 e. The Balaban J connectivity index is 2.21. The molecule has 1 heterocycles. The summed E-state index contributed by atoms with van der Waals surface area (Å²) in [6.07, 6.45) is 3.34. The number of nitrogens with one attached hydrogen (secondary N) is 2. The number of hydrogen-bond donors (Lipinski definition) is 2. The highest BCUT2D eigenvalue weighted by atomic mass is 32.2. The van der Waals surface area contributed by atoms with Gasteiger partial charge in [0, 0.05) is 13.1 Å². The molecular formula is C10H20N2O3S. The Labute approximate surface area is 96.9 Å². The molecular weight excluding hydrogens is 228 g/mol. The first-order valence-corrected chi connectivity index (χ1v) is 7.51. The summed E-state index contributed by atoms with van der Waals surface area (Å²) in [6.45, 7) is 2.92. The molecule has 0 unspecified atom stereocenters. The van der Waals surface area contributed by atoms with Crippen molar-refractivity contribution in [3.8, 4) is 0 Å². The van der Waals surface area contributed by atoms with Crippen LogP contribution in [0.4, 0.5) is 4.79 Å². The summed E-state index contributed by atoms with van der Waals surface area (Å²) in [5, 5.41) is 4.92. The van der Waals surface area contributed by atoms with Crippen LogP contribution < -0.4 is 10.6 Å². The van der Waals surface area contributed by atoms with Gasteiger partial charge in [-0.3, -0.25) is 0 Å². The van der Waals surface area contributed by atoms with E-state index >= 15 is 0 Å². The first-order valence-electron chi connectivity index (χ1n) is 5.79. The fourth-order valence-electron chi connectivity index (χ4n) is 1.74. The van der Waals surface area contributed by atoms with Crippen molar-refractivity contribution in [2.24, 2.45) is 0 Å². The molecule has 5 nitrogen and oxygen atoms in total. The Kier molecular flexibility index (Phi) is 5.05. The summed E-state index contributed by atoms with van der Waals surface area (Å²) >= 11 is 0. The third kappa shape index (κ3) is 4.00. The maximum absolute atomic E-state index is 11.5. The maximum atomic E-state index is 11.5. The molecule has 0 bridgehead atoms. The molecule has 2 N–H and O–H groups in total. The molecule has 0 aromatic heterocycles. The lowest BCUT2D eigenvalue weighted by Gasteiger charge is -2.11. The summed E-state index contributed by atoms with van der Waals surface area (Å²) in [7, 11) is -2.95. The van der Waals surface area contributed by atoms with E-state index in [1.54, 1.807) is 0 Å². The van der Waals surface area contributed by atoms with Gasteiger partial charge in [-0.1, -0.05) is 13.3 Å². The summed E-state index contributed by atoms with van der Waals surface area (Å²) in [5.74, 6) is 0.261. The second-order valence-corrected chi connectivity index (χ2v) is 6.52. The zero-order chi connectivity index (χ0) is 12.0. The molecule has 1 aliphatic rings. The van der Waals surface area contributed by atoms with Gasteiger partial charge in [0.25, 0.3) is 0 Å². The second-order valence-electron chi connectivity index (χ2n) is 4.12. The van der Waals surface area contributed by atoms with Crippen molar-refractivity contribution in [3.63, 3.8) is 0 Å². The largest absolute Gasteiger partial charge is 0.338 e. The molecule has 16 heavy (non-hydrogen) atoms. The zero-order valence-electron chi connectivity index (χ0n) is 9.66. The van der Waals surface area contributed by atoms with E-state index in [2.05, 4.69) is 10.6 Å². The molecule has 0 saturated carbocycles. The van der Waals surface area contributed by atoms with Gasteiger partial charge in [0.15, 0.2) is 9.84 Å². The molecule has 0 spiro atoms. The van der Waals surface area contributed by atoms with E-state index in [4.69, 9.17) is 0 Å². The topological polar surface area (TPSA) is 75.3 Å². The zero-order valence-corrected chi connectivity index (χ0v) is 10.5. The first-order chi connectivity index (χ1) is 7.56. The number of unbranched alkanes of at least 4 members (excludes halogenated alkanes) is 1. The number of carbonyl (C=O) groups is 1. The van der Waals surface area contributed by atoms with Crippen LogP contribution in [0.25, 0.3) is 0 Å². The van der Waals surface area contributed by atoms with E-state index in [0.717, 1.165) is 12.8 Å². The number of rotatable bonds is 5. The normalized spacial score (nSPS) is 22.9. The summed E-state index contributed by atoms with van der Waals surface area (Å²) < 4.78 is 22.9. The van der Waals surface area contributed by atoms with Gasteiger partial charge in [0.05, 0.1) is 11.0 Å². The Morgan fingerprint density at radius 1 is 1.38 bits per heavy atom. The molecule has 1 saturated heterocycles. The van der Waals surface area contributed by atoms with E-state index < -0.39 is 9.84 Å². The lowest BCUT2D eigenvalue weighted by atomic mass is 10.2. The Bertz CT molecular complexity index is 327. The number of amides is 2. The number of hydrogen-bond acceptors (Lipinski definition) is 3. The Hall–Kier alpha value is -0.780. The molecule has 1 fully saturated rings. The van der Waals surface area contributed by atoms with Crippen LogP contribution in [-0.2, 0) is 9.84 Å². The summed E-state index contributed by atoms with van der Waals surface area (Å²) in [5.41, 5.74) is 0. The Morgan fingerprint density at radius 3 is 2.69 bits per heavy atom. The van der Waals surface area contributed by atoms with Gasteiger partial charge in [-0.15, -0.1) is 0 Å². The molecule has 6 heteroatoms. The van der Waals surface area contributed by atoms with Crippen molar-refractivity contribution in [1.82, 2.24) is 10.6 Å². The quantitative estimate of drug-likeness (QED) is 0.702. The van der Waals surface area contributed by atoms with Crippen LogP contribution in [0.3, 0.4) is 0 Å². The second kappa shape index (κ2) is 6.08. The Morgan fingerprint density at radius 2 is 2.12 bits per heavy atom. The minimum absolute atomic E-state index is 0.236. The molecule has 94 valence electrons.